The van der Waals surface area contributed by atoms with Crippen LogP contribution < -0.4 is 5.32 Å². The second-order valence-corrected chi connectivity index (χ2v) is 4.96. The highest BCUT2D eigenvalue weighted by molar-refractivity contribution is 7.84. The molecular weight excluding hydrogens is 226 g/mol. The number of nitrogens with one attached hydrogen (secondary N) is 1. The quantitative estimate of drug-likeness (QED) is 0.752. The number of benzene rings is 1. The maximum absolute atomic E-state index is 11.6. The van der Waals surface area contributed by atoms with Crippen molar-refractivity contribution in [1.29, 1.82) is 0 Å². The molecule has 0 spiro atoms. The molecule has 1 aromatic carbocycles. The third-order valence-corrected chi connectivity index (χ3v) is 2.91. The van der Waals surface area contributed by atoms with Crippen LogP contribution in [0, 0.1) is 0 Å². The van der Waals surface area contributed by atoms with Gasteiger partial charge >= 0.3 is 0 Å². The molecule has 0 aliphatic heterocycles. The summed E-state index contributed by atoms with van der Waals surface area (Å²) in [5.74, 6) is 0.236. The van der Waals surface area contributed by atoms with Crippen LogP contribution >= 0.6 is 0 Å². The van der Waals surface area contributed by atoms with E-state index in [4.69, 9.17) is 0 Å². The second kappa shape index (κ2) is 6.27. The lowest BCUT2D eigenvalue weighted by Crippen LogP contribution is -2.25. The van der Waals surface area contributed by atoms with Crippen molar-refractivity contribution >= 4 is 16.7 Å². The maximum atomic E-state index is 11.6. The van der Waals surface area contributed by atoms with Crippen molar-refractivity contribution in [3.05, 3.63) is 29.8 Å². The van der Waals surface area contributed by atoms with Crippen LogP contribution in [0.25, 0.3) is 0 Å². The van der Waals surface area contributed by atoms with Gasteiger partial charge < -0.3 is 10.4 Å². The van der Waals surface area contributed by atoms with Crippen LogP contribution in [0.15, 0.2) is 24.3 Å². The lowest BCUT2D eigenvalue weighted by atomic mass is 10.2. The summed E-state index contributed by atoms with van der Waals surface area (Å²) < 4.78 is 10.8. The molecule has 1 aromatic rings. The number of carbonyl (C=O) groups is 1. The SMILES string of the molecule is CS(=O)CCCNC(=O)c1ccccc1O. The number of para-hydroxylation sites is 1. The normalized spacial score (nSPS) is 12.1. The van der Waals surface area contributed by atoms with Crippen molar-refractivity contribution in [3.63, 3.8) is 0 Å². The Kier molecular flexibility index (Phi) is 4.98. The fourth-order valence-electron chi connectivity index (χ4n) is 1.24. The first-order valence-corrected chi connectivity index (χ1v) is 6.70. The van der Waals surface area contributed by atoms with Crippen LogP contribution in [0.5, 0.6) is 5.75 Å². The molecule has 2 N–H and O–H groups in total. The molecule has 16 heavy (non-hydrogen) atoms. The maximum Gasteiger partial charge on any atom is 0.255 e. The minimum absolute atomic E-state index is 0.0286. The zero-order valence-corrected chi connectivity index (χ0v) is 9.92. The Morgan fingerprint density at radius 3 is 2.75 bits per heavy atom. The van der Waals surface area contributed by atoms with E-state index < -0.39 is 10.8 Å². The molecule has 0 radical (unpaired) electrons. The van der Waals surface area contributed by atoms with E-state index in [1.54, 1.807) is 24.5 Å². The highest BCUT2D eigenvalue weighted by atomic mass is 32.2. The first-order valence-electron chi connectivity index (χ1n) is 4.97. The Labute approximate surface area is 97.1 Å². The van der Waals surface area contributed by atoms with Crippen LogP contribution in [0.2, 0.25) is 0 Å². The summed E-state index contributed by atoms with van der Waals surface area (Å²) >= 11 is 0. The first kappa shape index (κ1) is 12.7. The number of phenolic OH excluding ortho intramolecular Hbond substituents is 1. The van der Waals surface area contributed by atoms with E-state index >= 15 is 0 Å². The van der Waals surface area contributed by atoms with Crippen molar-refractivity contribution in [1.82, 2.24) is 5.32 Å². The van der Waals surface area contributed by atoms with Crippen molar-refractivity contribution < 1.29 is 14.1 Å². The Balaban J connectivity index is 2.41. The van der Waals surface area contributed by atoms with E-state index in [0.29, 0.717) is 18.7 Å². The average molecular weight is 241 g/mol. The molecule has 1 amide bonds. The number of aromatic hydroxyl groups is 1. The van der Waals surface area contributed by atoms with Crippen molar-refractivity contribution in [3.8, 4) is 5.75 Å². The lowest BCUT2D eigenvalue weighted by molar-refractivity contribution is 0.0951. The minimum Gasteiger partial charge on any atom is -0.507 e. The molecule has 0 heterocycles. The molecule has 0 bridgehead atoms. The van der Waals surface area contributed by atoms with Gasteiger partial charge in [0, 0.05) is 29.4 Å². The minimum atomic E-state index is -0.830. The Hall–Kier alpha value is -1.36. The van der Waals surface area contributed by atoms with E-state index in [9.17, 15) is 14.1 Å². The third-order valence-electron chi connectivity index (χ3n) is 2.04. The van der Waals surface area contributed by atoms with Gasteiger partial charge in [-0.15, -0.1) is 0 Å². The second-order valence-electron chi connectivity index (χ2n) is 3.40. The van der Waals surface area contributed by atoms with Gasteiger partial charge in [0.1, 0.15) is 5.75 Å². The molecule has 1 rings (SSSR count). The molecular formula is C11H15NO3S. The molecule has 1 atom stereocenters. The van der Waals surface area contributed by atoms with Gasteiger partial charge in [0.2, 0.25) is 0 Å². The van der Waals surface area contributed by atoms with Crippen LogP contribution in [0.4, 0.5) is 0 Å². The number of hydrogen-bond acceptors (Lipinski definition) is 3. The van der Waals surface area contributed by atoms with Gasteiger partial charge in [-0.2, -0.15) is 0 Å². The van der Waals surface area contributed by atoms with Gasteiger partial charge in [-0.1, -0.05) is 12.1 Å². The summed E-state index contributed by atoms with van der Waals surface area (Å²) in [5.41, 5.74) is 0.264. The van der Waals surface area contributed by atoms with Gasteiger partial charge in [-0.3, -0.25) is 9.00 Å². The molecule has 5 heteroatoms. The van der Waals surface area contributed by atoms with Crippen molar-refractivity contribution in [2.24, 2.45) is 0 Å². The Morgan fingerprint density at radius 1 is 1.44 bits per heavy atom. The standard InChI is InChI=1S/C11H15NO3S/c1-16(15)8-4-7-12-11(14)9-5-2-3-6-10(9)13/h2-3,5-6,13H,4,7-8H2,1H3,(H,12,14). The van der Waals surface area contributed by atoms with E-state index in [1.165, 1.54) is 6.07 Å². The van der Waals surface area contributed by atoms with E-state index in [0.717, 1.165) is 0 Å². The summed E-state index contributed by atoms with van der Waals surface area (Å²) in [5, 5.41) is 12.1. The molecule has 4 nitrogen and oxygen atoms in total. The number of phenols is 1. The van der Waals surface area contributed by atoms with E-state index in [1.807, 2.05) is 0 Å². The van der Waals surface area contributed by atoms with Crippen molar-refractivity contribution in [2.75, 3.05) is 18.6 Å². The zero-order valence-electron chi connectivity index (χ0n) is 9.10. The van der Waals surface area contributed by atoms with Gasteiger partial charge in [0.25, 0.3) is 5.91 Å². The summed E-state index contributed by atoms with van der Waals surface area (Å²) in [6, 6.07) is 6.38. The molecule has 0 saturated carbocycles. The lowest BCUT2D eigenvalue weighted by Gasteiger charge is -2.05. The van der Waals surface area contributed by atoms with E-state index in [2.05, 4.69) is 5.32 Å². The largest absolute Gasteiger partial charge is 0.507 e. The molecule has 0 aromatic heterocycles. The van der Waals surface area contributed by atoms with Gasteiger partial charge in [-0.25, -0.2) is 0 Å². The number of amides is 1. The third kappa shape index (κ3) is 4.02. The highest BCUT2D eigenvalue weighted by Crippen LogP contribution is 2.14. The fraction of sp³-hybridized carbons (Fsp3) is 0.364. The molecule has 0 aliphatic carbocycles. The summed E-state index contributed by atoms with van der Waals surface area (Å²) in [7, 11) is -0.830. The van der Waals surface area contributed by atoms with Crippen LogP contribution in [-0.4, -0.2) is 33.8 Å². The fourth-order valence-corrected chi connectivity index (χ4v) is 1.79. The van der Waals surface area contributed by atoms with Crippen LogP contribution in [0.1, 0.15) is 16.8 Å². The first-order chi connectivity index (χ1) is 7.61. The van der Waals surface area contributed by atoms with Gasteiger partial charge in [0.05, 0.1) is 5.56 Å². The smallest absolute Gasteiger partial charge is 0.255 e. The van der Waals surface area contributed by atoms with Crippen molar-refractivity contribution in [2.45, 2.75) is 6.42 Å². The number of carbonyl (C=O) groups excluding carboxylic acids is 1. The highest BCUT2D eigenvalue weighted by Gasteiger charge is 2.08. The summed E-state index contributed by atoms with van der Waals surface area (Å²) in [4.78, 5) is 11.6. The Bertz CT molecular complexity index is 393. The topological polar surface area (TPSA) is 66.4 Å². The summed E-state index contributed by atoms with van der Waals surface area (Å²) in [6.07, 6.45) is 2.30. The van der Waals surface area contributed by atoms with Crippen LogP contribution in [0.3, 0.4) is 0 Å². The molecule has 1 unspecified atom stereocenters. The molecule has 88 valence electrons. The molecule has 0 fully saturated rings. The van der Waals surface area contributed by atoms with Gasteiger partial charge in [0.15, 0.2) is 0 Å². The van der Waals surface area contributed by atoms with E-state index in [-0.39, 0.29) is 17.2 Å². The van der Waals surface area contributed by atoms with Crippen LogP contribution in [-0.2, 0) is 10.8 Å². The number of rotatable bonds is 5. The zero-order chi connectivity index (χ0) is 12.0. The number of hydrogen-bond donors (Lipinski definition) is 2. The average Bonchev–Trinajstić information content (AvgIpc) is 2.24. The Morgan fingerprint density at radius 2 is 2.12 bits per heavy atom. The monoisotopic (exact) mass is 241 g/mol. The predicted molar refractivity (Wildman–Crippen MR) is 64.0 cm³/mol. The predicted octanol–water partition coefficient (Wildman–Crippen LogP) is 0.891. The molecule has 0 saturated heterocycles. The summed E-state index contributed by atoms with van der Waals surface area (Å²) in [6.45, 7) is 0.465. The van der Waals surface area contributed by atoms with Gasteiger partial charge in [-0.05, 0) is 18.6 Å². The molecule has 0 aliphatic rings.